The Hall–Kier alpha value is -4.23. The maximum atomic E-state index is 6.38. The highest BCUT2D eigenvalue weighted by atomic mass is 32.1. The number of ether oxygens (including phenoxy) is 3. The fourth-order valence-electron chi connectivity index (χ4n) is 4.60. The van der Waals surface area contributed by atoms with Gasteiger partial charge in [-0.15, -0.1) is 11.5 Å². The highest BCUT2D eigenvalue weighted by molar-refractivity contribution is 7.18. The van der Waals surface area contributed by atoms with Crippen LogP contribution in [0.15, 0.2) is 47.1 Å². The van der Waals surface area contributed by atoms with Gasteiger partial charge in [-0.05, 0) is 42.4 Å². The fourth-order valence-corrected chi connectivity index (χ4v) is 5.30. The predicted octanol–water partition coefficient (Wildman–Crippen LogP) is 4.89. The van der Waals surface area contributed by atoms with Crippen LogP contribution in [0.5, 0.6) is 16.7 Å². The molecule has 9 nitrogen and oxygen atoms in total. The minimum absolute atomic E-state index is 0.358. The van der Waals surface area contributed by atoms with Gasteiger partial charge < -0.3 is 23.5 Å². The lowest BCUT2D eigenvalue weighted by Gasteiger charge is -2.33. The number of imidazole rings is 1. The summed E-state index contributed by atoms with van der Waals surface area (Å²) in [5, 5.41) is 5.77. The first-order chi connectivity index (χ1) is 18.1. The number of pyridine rings is 1. The molecule has 0 unspecified atom stereocenters. The summed E-state index contributed by atoms with van der Waals surface area (Å²) in [6.45, 7) is 2.41. The average Bonchev–Trinajstić information content (AvgIpc) is 3.65. The topological polar surface area (TPSA) is 87.2 Å². The van der Waals surface area contributed by atoms with E-state index in [9.17, 15) is 0 Å². The second-order valence-corrected chi connectivity index (χ2v) is 9.81. The third-order valence-corrected chi connectivity index (χ3v) is 7.38. The Kier molecular flexibility index (Phi) is 6.06. The summed E-state index contributed by atoms with van der Waals surface area (Å²) >= 11 is 1.37. The molecular formula is C27H25N5O4S. The molecule has 0 amide bonds. The molecular weight excluding hydrogens is 490 g/mol. The van der Waals surface area contributed by atoms with Crippen LogP contribution >= 0.6 is 11.3 Å². The molecule has 0 saturated carbocycles. The van der Waals surface area contributed by atoms with E-state index in [0.717, 1.165) is 53.4 Å². The summed E-state index contributed by atoms with van der Waals surface area (Å²) in [4.78, 5) is 12.2. The molecule has 0 radical (unpaired) electrons. The fraction of sp³-hybridized carbons (Fsp3) is 0.296. The summed E-state index contributed by atoms with van der Waals surface area (Å²) in [7, 11) is 3.22. The van der Waals surface area contributed by atoms with E-state index < -0.39 is 0 Å². The van der Waals surface area contributed by atoms with Crippen LogP contribution in [-0.4, -0.2) is 53.5 Å². The van der Waals surface area contributed by atoms with E-state index in [1.54, 1.807) is 24.9 Å². The van der Waals surface area contributed by atoms with Crippen LogP contribution in [0.3, 0.4) is 0 Å². The summed E-state index contributed by atoms with van der Waals surface area (Å²) in [6, 6.07) is 9.64. The summed E-state index contributed by atoms with van der Waals surface area (Å²) in [6.07, 6.45) is 11.2. The molecule has 188 valence electrons. The van der Waals surface area contributed by atoms with E-state index in [1.165, 1.54) is 11.3 Å². The van der Waals surface area contributed by atoms with Gasteiger partial charge in [0.05, 0.1) is 32.4 Å². The van der Waals surface area contributed by atoms with E-state index in [1.807, 2.05) is 36.5 Å². The Balaban J connectivity index is 1.22. The molecule has 10 heteroatoms. The lowest BCUT2D eigenvalue weighted by molar-refractivity contribution is 0.230. The van der Waals surface area contributed by atoms with Crippen molar-refractivity contribution >= 4 is 33.1 Å². The van der Waals surface area contributed by atoms with Gasteiger partial charge >= 0.3 is 0 Å². The number of hydrogen-bond acceptors (Lipinski definition) is 9. The Bertz CT molecular complexity index is 1570. The Morgan fingerprint density at radius 2 is 2.14 bits per heavy atom. The van der Waals surface area contributed by atoms with Gasteiger partial charge in [-0.2, -0.15) is 0 Å². The Morgan fingerprint density at radius 3 is 2.89 bits per heavy atom. The molecule has 1 atom stereocenters. The number of benzene rings is 1. The summed E-state index contributed by atoms with van der Waals surface area (Å²) < 4.78 is 24.9. The monoisotopic (exact) mass is 515 g/mol. The quantitative estimate of drug-likeness (QED) is 0.283. The van der Waals surface area contributed by atoms with Gasteiger partial charge in [-0.25, -0.2) is 14.5 Å². The molecule has 5 aromatic rings. The van der Waals surface area contributed by atoms with Crippen molar-refractivity contribution in [2.75, 3.05) is 38.8 Å². The largest absolute Gasteiger partial charge is 0.496 e. The molecule has 5 heterocycles. The van der Waals surface area contributed by atoms with Gasteiger partial charge in [0.25, 0.3) is 5.19 Å². The molecule has 1 aliphatic rings. The summed E-state index contributed by atoms with van der Waals surface area (Å²) in [5.74, 6) is 5.95. The first-order valence-electron chi connectivity index (χ1n) is 12.0. The van der Waals surface area contributed by atoms with Crippen molar-refractivity contribution in [1.29, 1.82) is 0 Å². The zero-order valence-corrected chi connectivity index (χ0v) is 21.3. The van der Waals surface area contributed by atoms with Crippen molar-refractivity contribution in [2.45, 2.75) is 12.8 Å². The molecule has 1 fully saturated rings. The van der Waals surface area contributed by atoms with E-state index in [2.05, 4.69) is 25.9 Å². The number of furan rings is 1. The number of aromatic nitrogens is 4. The van der Waals surface area contributed by atoms with Crippen LogP contribution in [0.4, 0.5) is 5.82 Å². The van der Waals surface area contributed by atoms with Crippen molar-refractivity contribution in [1.82, 2.24) is 19.6 Å². The molecule has 0 spiro atoms. The van der Waals surface area contributed by atoms with Gasteiger partial charge in [-0.1, -0.05) is 5.92 Å². The number of hydrogen-bond donors (Lipinski definition) is 0. The molecule has 4 aromatic heterocycles. The number of fused-ring (bicyclic) bond motifs is 2. The second kappa shape index (κ2) is 9.67. The maximum absolute atomic E-state index is 6.38. The van der Waals surface area contributed by atoms with E-state index in [0.29, 0.717) is 40.5 Å². The predicted molar refractivity (Wildman–Crippen MR) is 142 cm³/mol. The van der Waals surface area contributed by atoms with Gasteiger partial charge in [0.15, 0.2) is 5.76 Å². The van der Waals surface area contributed by atoms with Crippen LogP contribution in [0.1, 0.15) is 18.4 Å². The van der Waals surface area contributed by atoms with Crippen molar-refractivity contribution in [3.8, 4) is 40.5 Å². The van der Waals surface area contributed by atoms with Crippen LogP contribution < -0.4 is 19.1 Å². The number of piperidine rings is 1. The molecule has 0 N–H and O–H groups in total. The third-order valence-electron chi connectivity index (χ3n) is 6.49. The summed E-state index contributed by atoms with van der Waals surface area (Å²) in [5.41, 5.74) is 2.15. The van der Waals surface area contributed by atoms with Crippen molar-refractivity contribution < 1.29 is 18.6 Å². The highest BCUT2D eigenvalue weighted by Crippen LogP contribution is 2.38. The molecule has 37 heavy (non-hydrogen) atoms. The molecule has 0 bridgehead atoms. The maximum Gasteiger partial charge on any atom is 0.294 e. The van der Waals surface area contributed by atoms with Crippen molar-refractivity contribution in [2.24, 2.45) is 5.92 Å². The van der Waals surface area contributed by atoms with Crippen LogP contribution in [0, 0.1) is 18.3 Å². The van der Waals surface area contributed by atoms with Crippen molar-refractivity contribution in [3.05, 3.63) is 48.3 Å². The van der Waals surface area contributed by atoms with Crippen LogP contribution in [0.2, 0.25) is 0 Å². The zero-order chi connectivity index (χ0) is 25.4. The van der Waals surface area contributed by atoms with Gasteiger partial charge in [0, 0.05) is 42.9 Å². The average molecular weight is 516 g/mol. The Morgan fingerprint density at radius 1 is 1.22 bits per heavy atom. The van der Waals surface area contributed by atoms with Gasteiger partial charge in [0.1, 0.15) is 28.6 Å². The van der Waals surface area contributed by atoms with E-state index in [4.69, 9.17) is 25.1 Å². The smallest absolute Gasteiger partial charge is 0.294 e. The first-order valence-corrected chi connectivity index (χ1v) is 12.8. The minimum atomic E-state index is 0.358. The number of rotatable bonds is 7. The third kappa shape index (κ3) is 4.54. The lowest BCUT2D eigenvalue weighted by atomic mass is 9.99. The highest BCUT2D eigenvalue weighted by Gasteiger charge is 2.23. The van der Waals surface area contributed by atoms with Gasteiger partial charge in [0.2, 0.25) is 4.96 Å². The van der Waals surface area contributed by atoms with E-state index >= 15 is 0 Å². The number of terminal acetylenes is 1. The minimum Gasteiger partial charge on any atom is -0.496 e. The van der Waals surface area contributed by atoms with Crippen molar-refractivity contribution in [3.63, 3.8) is 0 Å². The molecule has 1 saturated heterocycles. The second-order valence-electron chi connectivity index (χ2n) is 8.89. The van der Waals surface area contributed by atoms with E-state index in [-0.39, 0.29) is 0 Å². The van der Waals surface area contributed by atoms with Gasteiger partial charge in [-0.3, -0.25) is 0 Å². The molecule has 0 aliphatic carbocycles. The Labute approximate surface area is 217 Å². The van der Waals surface area contributed by atoms with Crippen LogP contribution in [-0.2, 0) is 0 Å². The first kappa shape index (κ1) is 23.2. The zero-order valence-electron chi connectivity index (χ0n) is 20.5. The standard InChI is InChI=1S/C27H25N5O4S/c1-4-17-7-8-25(28-13-17)31-9-5-6-18(14-31)16-35-22-10-19(33-2)11-23-20(22)12-24(36-23)21-15-32-26(29-21)37-27(30-32)34-3/h1,7-8,10-13,15,18H,5-6,9,14,16H2,2-3H3/t18-/m1/s1. The molecule has 6 rings (SSSR count). The number of nitrogens with zero attached hydrogens (tertiary/aromatic N) is 5. The number of anilines is 1. The number of methoxy groups -OCH3 is 2. The van der Waals surface area contributed by atoms with Crippen LogP contribution in [0.25, 0.3) is 27.4 Å². The molecule has 1 aromatic carbocycles. The lowest BCUT2D eigenvalue weighted by Crippen LogP contribution is -2.38. The normalized spacial score (nSPS) is 15.7. The molecule has 1 aliphatic heterocycles. The SMILES string of the molecule is C#Cc1ccc(N2CCC[C@@H](COc3cc(OC)cc4oc(-c5cn6nc(OC)sc6n5)cc34)C2)nc1.